The number of primary amides is 1. The minimum Gasteiger partial charge on any atom is -0.368 e. The second-order valence-corrected chi connectivity index (χ2v) is 3.96. The van der Waals surface area contributed by atoms with Gasteiger partial charge in [0.05, 0.1) is 0 Å². The summed E-state index contributed by atoms with van der Waals surface area (Å²) in [4.78, 5) is 11.2. The van der Waals surface area contributed by atoms with Crippen LogP contribution in [0.2, 0.25) is 0 Å². The molecule has 0 radical (unpaired) electrons. The zero-order valence-corrected chi connectivity index (χ0v) is 9.00. The van der Waals surface area contributed by atoms with Gasteiger partial charge in [-0.2, -0.15) is 0 Å². The molecule has 4 nitrogen and oxygen atoms in total. The van der Waals surface area contributed by atoms with Gasteiger partial charge in [0.25, 0.3) is 0 Å². The molecule has 4 heteroatoms. The Morgan fingerprint density at radius 1 is 1.71 bits per heavy atom. The van der Waals surface area contributed by atoms with Gasteiger partial charge < -0.3 is 16.4 Å². The minimum absolute atomic E-state index is 0.292. The van der Waals surface area contributed by atoms with E-state index in [-0.39, 0.29) is 11.9 Å². The van der Waals surface area contributed by atoms with Gasteiger partial charge in [-0.15, -0.1) is 0 Å². The summed E-state index contributed by atoms with van der Waals surface area (Å²) in [6.45, 7) is 4.89. The van der Waals surface area contributed by atoms with Crippen LogP contribution < -0.4 is 16.4 Å². The Morgan fingerprint density at radius 3 is 2.79 bits per heavy atom. The van der Waals surface area contributed by atoms with Gasteiger partial charge in [0, 0.05) is 12.6 Å². The van der Waals surface area contributed by atoms with Crippen molar-refractivity contribution in [1.82, 2.24) is 10.6 Å². The van der Waals surface area contributed by atoms with Crippen molar-refractivity contribution in [1.29, 1.82) is 0 Å². The lowest BCUT2D eigenvalue weighted by Crippen LogP contribution is -2.52. The maximum Gasteiger partial charge on any atom is 0.238 e. The van der Waals surface area contributed by atoms with Gasteiger partial charge >= 0.3 is 0 Å². The first-order valence-electron chi connectivity index (χ1n) is 4.97. The van der Waals surface area contributed by atoms with Gasteiger partial charge in [0.15, 0.2) is 0 Å². The number of carbonyl (C=O) groups excluding carboxylic acids is 1. The number of nitrogens with two attached hydrogens (primary N) is 1. The third-order valence-electron chi connectivity index (χ3n) is 2.59. The van der Waals surface area contributed by atoms with Crippen LogP contribution in [0.5, 0.6) is 0 Å². The van der Waals surface area contributed by atoms with Crippen molar-refractivity contribution in [3.8, 4) is 0 Å². The lowest BCUT2D eigenvalue weighted by Gasteiger charge is -2.30. The fourth-order valence-corrected chi connectivity index (χ4v) is 1.73. The van der Waals surface area contributed by atoms with Gasteiger partial charge in [-0.25, -0.2) is 0 Å². The quantitative estimate of drug-likeness (QED) is 0.540. The molecule has 1 heterocycles. The molecule has 1 rings (SSSR count). The van der Waals surface area contributed by atoms with Crippen LogP contribution in [0.3, 0.4) is 0 Å². The molecule has 0 unspecified atom stereocenters. The second kappa shape index (κ2) is 4.57. The van der Waals surface area contributed by atoms with Crippen molar-refractivity contribution in [3.05, 3.63) is 11.6 Å². The largest absolute Gasteiger partial charge is 0.368 e. The molecule has 0 aromatic rings. The fraction of sp³-hybridized carbons (Fsp3) is 0.700. The maximum absolute atomic E-state index is 11.2. The lowest BCUT2D eigenvalue weighted by molar-refractivity contribution is -0.119. The molecule has 4 N–H and O–H groups in total. The molecule has 0 bridgehead atoms. The normalized spacial score (nSPS) is 27.6. The van der Waals surface area contributed by atoms with E-state index in [4.69, 9.17) is 5.73 Å². The van der Waals surface area contributed by atoms with Crippen molar-refractivity contribution in [2.24, 2.45) is 11.7 Å². The lowest BCUT2D eigenvalue weighted by atomic mass is 9.90. The van der Waals surface area contributed by atoms with E-state index < -0.39 is 0 Å². The summed E-state index contributed by atoms with van der Waals surface area (Å²) in [5, 5.41) is 6.30. The van der Waals surface area contributed by atoms with E-state index in [9.17, 15) is 4.79 Å². The highest BCUT2D eigenvalue weighted by molar-refractivity contribution is 5.83. The van der Waals surface area contributed by atoms with Gasteiger partial charge in [-0.1, -0.05) is 19.9 Å². The fourth-order valence-electron chi connectivity index (χ4n) is 1.73. The van der Waals surface area contributed by atoms with Crippen LogP contribution in [0.1, 0.15) is 13.8 Å². The number of carbonyl (C=O) groups is 1. The van der Waals surface area contributed by atoms with E-state index in [2.05, 4.69) is 30.6 Å². The molecule has 0 saturated carbocycles. The van der Waals surface area contributed by atoms with Crippen LogP contribution in [0.15, 0.2) is 11.6 Å². The summed E-state index contributed by atoms with van der Waals surface area (Å²) >= 11 is 0. The molecular formula is C10H19N3O. The maximum atomic E-state index is 11.2. The highest BCUT2D eigenvalue weighted by atomic mass is 16.1. The standard InChI is InChI=1S/C10H19N3O/c1-6(2)8-4-7(12-3)5-13-9(8)10(11)14/h4,6-7,9,12-13H,5H2,1-3H3,(H2,11,14)/t7-,9+/m1/s1. The second-order valence-electron chi connectivity index (χ2n) is 3.96. The first-order valence-corrected chi connectivity index (χ1v) is 4.97. The Hall–Kier alpha value is -0.870. The smallest absolute Gasteiger partial charge is 0.238 e. The van der Waals surface area contributed by atoms with Gasteiger partial charge in [0.1, 0.15) is 6.04 Å². The summed E-state index contributed by atoms with van der Waals surface area (Å²) in [6, 6.07) is 0.00241. The zero-order valence-electron chi connectivity index (χ0n) is 9.00. The first kappa shape index (κ1) is 11.2. The SMILES string of the molecule is CN[C@@H]1C=C(C(C)C)[C@@H](C(N)=O)NC1. The van der Waals surface area contributed by atoms with E-state index in [1.165, 1.54) is 0 Å². The van der Waals surface area contributed by atoms with Crippen LogP contribution in [0.25, 0.3) is 0 Å². The first-order chi connectivity index (χ1) is 6.56. The molecule has 0 aromatic carbocycles. The number of nitrogens with one attached hydrogen (secondary N) is 2. The van der Waals surface area contributed by atoms with Gasteiger partial charge in [-0.3, -0.25) is 4.79 Å². The predicted molar refractivity (Wildman–Crippen MR) is 56.8 cm³/mol. The van der Waals surface area contributed by atoms with Crippen molar-refractivity contribution < 1.29 is 4.79 Å². The average Bonchev–Trinajstić information content (AvgIpc) is 2.16. The van der Waals surface area contributed by atoms with E-state index in [0.29, 0.717) is 12.0 Å². The molecule has 0 aromatic heterocycles. The Morgan fingerprint density at radius 2 is 2.36 bits per heavy atom. The number of likely N-dealkylation sites (N-methyl/N-ethyl adjacent to an activating group) is 1. The molecular weight excluding hydrogens is 178 g/mol. The highest BCUT2D eigenvalue weighted by Gasteiger charge is 2.27. The summed E-state index contributed by atoms with van der Waals surface area (Å²) in [6.07, 6.45) is 2.11. The van der Waals surface area contributed by atoms with Crippen molar-refractivity contribution in [3.63, 3.8) is 0 Å². The number of amides is 1. The van der Waals surface area contributed by atoms with Crippen LogP contribution >= 0.6 is 0 Å². The molecule has 1 aliphatic rings. The monoisotopic (exact) mass is 197 g/mol. The topological polar surface area (TPSA) is 67.1 Å². The number of hydrogen-bond acceptors (Lipinski definition) is 3. The summed E-state index contributed by atoms with van der Waals surface area (Å²) in [5.41, 5.74) is 6.41. The Balaban J connectivity index is 2.86. The average molecular weight is 197 g/mol. The summed E-state index contributed by atoms with van der Waals surface area (Å²) in [5.74, 6) is 0.0515. The van der Waals surface area contributed by atoms with E-state index in [1.54, 1.807) is 0 Å². The van der Waals surface area contributed by atoms with E-state index in [0.717, 1.165) is 12.1 Å². The van der Waals surface area contributed by atoms with E-state index in [1.807, 2.05) is 7.05 Å². The number of rotatable bonds is 3. The predicted octanol–water partition coefficient (Wildman–Crippen LogP) is -0.386. The Labute approximate surface area is 84.9 Å². The Kier molecular flexibility index (Phi) is 3.66. The van der Waals surface area contributed by atoms with Crippen LogP contribution in [0.4, 0.5) is 0 Å². The molecule has 1 amide bonds. The van der Waals surface area contributed by atoms with Gasteiger partial charge in [-0.05, 0) is 18.5 Å². The molecule has 0 spiro atoms. The minimum atomic E-state index is -0.292. The molecule has 0 saturated heterocycles. The van der Waals surface area contributed by atoms with E-state index >= 15 is 0 Å². The summed E-state index contributed by atoms with van der Waals surface area (Å²) < 4.78 is 0. The molecule has 2 atom stereocenters. The van der Waals surface area contributed by atoms with Crippen molar-refractivity contribution in [2.75, 3.05) is 13.6 Å². The van der Waals surface area contributed by atoms with Crippen molar-refractivity contribution in [2.45, 2.75) is 25.9 Å². The van der Waals surface area contributed by atoms with Crippen LogP contribution in [-0.4, -0.2) is 31.6 Å². The Bertz CT molecular complexity index is 248. The summed E-state index contributed by atoms with van der Waals surface area (Å²) in [7, 11) is 1.91. The van der Waals surface area contributed by atoms with Crippen LogP contribution in [-0.2, 0) is 4.79 Å². The van der Waals surface area contributed by atoms with Crippen LogP contribution in [0, 0.1) is 5.92 Å². The molecule has 0 fully saturated rings. The third-order valence-corrected chi connectivity index (χ3v) is 2.59. The molecule has 14 heavy (non-hydrogen) atoms. The zero-order chi connectivity index (χ0) is 10.7. The number of hydrogen-bond donors (Lipinski definition) is 3. The molecule has 1 aliphatic heterocycles. The third kappa shape index (κ3) is 2.33. The van der Waals surface area contributed by atoms with Crippen molar-refractivity contribution >= 4 is 5.91 Å². The highest BCUT2D eigenvalue weighted by Crippen LogP contribution is 2.18. The van der Waals surface area contributed by atoms with Gasteiger partial charge in [0.2, 0.25) is 5.91 Å². The molecule has 80 valence electrons. The molecule has 0 aliphatic carbocycles.